The van der Waals surface area contributed by atoms with Crippen molar-refractivity contribution in [3.8, 4) is 0 Å². The molecule has 1 aliphatic heterocycles. The minimum atomic E-state index is -3.75. The number of anilines is 1. The maximum Gasteiger partial charge on any atom is 0.280 e. The van der Waals surface area contributed by atoms with Crippen molar-refractivity contribution >= 4 is 27.5 Å². The Kier molecular flexibility index (Phi) is 4.63. The summed E-state index contributed by atoms with van der Waals surface area (Å²) < 4.78 is 27.8. The molecule has 2 aromatic carbocycles. The number of sulfonamides is 1. The van der Waals surface area contributed by atoms with Crippen molar-refractivity contribution in [2.75, 3.05) is 4.72 Å². The van der Waals surface area contributed by atoms with E-state index in [4.69, 9.17) is 0 Å². The van der Waals surface area contributed by atoms with Crippen LogP contribution in [0.3, 0.4) is 0 Å². The van der Waals surface area contributed by atoms with Gasteiger partial charge in [-0.25, -0.2) is 8.42 Å². The largest absolute Gasteiger partial charge is 0.280 e. The number of nitrogens with one attached hydrogen (secondary N) is 1. The van der Waals surface area contributed by atoms with Crippen LogP contribution in [0.15, 0.2) is 71.8 Å². The van der Waals surface area contributed by atoms with E-state index in [1.54, 1.807) is 36.4 Å². The van der Waals surface area contributed by atoms with Crippen LogP contribution in [0, 0.1) is 6.92 Å². The Bertz CT molecular complexity index is 1190. The molecule has 8 heteroatoms. The monoisotopic (exact) mass is 407 g/mol. The summed E-state index contributed by atoms with van der Waals surface area (Å²) in [5.41, 5.74) is 2.37. The van der Waals surface area contributed by atoms with Gasteiger partial charge in [0.2, 0.25) is 0 Å². The Morgan fingerprint density at radius 2 is 1.66 bits per heavy atom. The van der Waals surface area contributed by atoms with Crippen LogP contribution in [0.4, 0.5) is 5.69 Å². The van der Waals surface area contributed by atoms with E-state index >= 15 is 0 Å². The number of hydrogen-bond donors (Lipinski definition) is 1. The summed E-state index contributed by atoms with van der Waals surface area (Å²) in [7, 11) is -3.75. The Morgan fingerprint density at radius 3 is 2.34 bits per heavy atom. The number of rotatable bonds is 5. The van der Waals surface area contributed by atoms with Crippen molar-refractivity contribution in [2.45, 2.75) is 18.4 Å². The normalized spacial score (nSPS) is 13.5. The summed E-state index contributed by atoms with van der Waals surface area (Å²) >= 11 is 0. The molecule has 1 aliphatic rings. The van der Waals surface area contributed by atoms with Gasteiger partial charge in [-0.3, -0.25) is 24.2 Å². The lowest BCUT2D eigenvalue weighted by molar-refractivity contribution is 0.0640. The minimum absolute atomic E-state index is 0.0412. The standard InChI is InChI=1S/C21H17N3O4S/c1-14-5-2-3-7-18(14)23-29(27,28)16-10-8-15(9-11-16)13-24-20(25)17-6-4-12-22-19(17)21(24)26/h2-12,23H,13H2,1H3. The number of carbonyl (C=O) groups excluding carboxylic acids is 2. The van der Waals surface area contributed by atoms with E-state index in [0.29, 0.717) is 11.3 Å². The molecule has 7 nitrogen and oxygen atoms in total. The zero-order valence-corrected chi connectivity index (χ0v) is 16.3. The molecule has 0 atom stereocenters. The number of aromatic nitrogens is 1. The molecule has 0 radical (unpaired) electrons. The number of hydrogen-bond acceptors (Lipinski definition) is 5. The van der Waals surface area contributed by atoms with Gasteiger partial charge in [-0.1, -0.05) is 30.3 Å². The number of fused-ring (bicyclic) bond motifs is 1. The molecule has 0 unspecified atom stereocenters. The highest BCUT2D eigenvalue weighted by atomic mass is 32.2. The molecule has 0 bridgehead atoms. The third-order valence-corrected chi connectivity index (χ3v) is 6.08. The highest BCUT2D eigenvalue weighted by Crippen LogP contribution is 2.24. The van der Waals surface area contributed by atoms with E-state index in [-0.39, 0.29) is 22.7 Å². The molecule has 1 N–H and O–H groups in total. The Morgan fingerprint density at radius 1 is 0.931 bits per heavy atom. The number of para-hydroxylation sites is 1. The van der Waals surface area contributed by atoms with Gasteiger partial charge in [-0.2, -0.15) is 0 Å². The number of amides is 2. The fourth-order valence-corrected chi connectivity index (χ4v) is 4.24. The third kappa shape index (κ3) is 3.50. The van der Waals surface area contributed by atoms with E-state index < -0.39 is 21.8 Å². The van der Waals surface area contributed by atoms with Crippen molar-refractivity contribution in [1.29, 1.82) is 0 Å². The van der Waals surface area contributed by atoms with Gasteiger partial charge < -0.3 is 0 Å². The van der Waals surface area contributed by atoms with Crippen LogP contribution in [0.1, 0.15) is 32.0 Å². The second-order valence-electron chi connectivity index (χ2n) is 6.66. The summed E-state index contributed by atoms with van der Waals surface area (Å²) in [6.45, 7) is 1.86. The molecule has 2 amide bonds. The van der Waals surface area contributed by atoms with Crippen LogP contribution < -0.4 is 4.72 Å². The van der Waals surface area contributed by atoms with Gasteiger partial charge in [0.25, 0.3) is 21.8 Å². The Hall–Kier alpha value is -3.52. The molecular weight excluding hydrogens is 390 g/mol. The Balaban J connectivity index is 1.52. The molecule has 0 saturated carbocycles. The molecule has 0 spiro atoms. The van der Waals surface area contributed by atoms with E-state index in [0.717, 1.165) is 10.5 Å². The molecule has 4 rings (SSSR count). The van der Waals surface area contributed by atoms with Gasteiger partial charge in [-0.05, 0) is 48.4 Å². The van der Waals surface area contributed by atoms with Crippen molar-refractivity contribution in [3.05, 3.63) is 89.2 Å². The van der Waals surface area contributed by atoms with Crippen LogP contribution in [0.2, 0.25) is 0 Å². The zero-order chi connectivity index (χ0) is 20.6. The number of carbonyl (C=O) groups is 2. The van der Waals surface area contributed by atoms with Gasteiger partial charge in [0.05, 0.1) is 22.7 Å². The van der Waals surface area contributed by atoms with Crippen molar-refractivity contribution in [3.63, 3.8) is 0 Å². The average Bonchev–Trinajstić information content (AvgIpc) is 2.95. The first-order valence-corrected chi connectivity index (χ1v) is 10.3. The van der Waals surface area contributed by atoms with Crippen LogP contribution >= 0.6 is 0 Å². The van der Waals surface area contributed by atoms with Crippen LogP contribution in [-0.4, -0.2) is 30.1 Å². The highest BCUT2D eigenvalue weighted by Gasteiger charge is 2.36. The maximum atomic E-state index is 12.6. The van der Waals surface area contributed by atoms with Gasteiger partial charge in [-0.15, -0.1) is 0 Å². The summed E-state index contributed by atoms with van der Waals surface area (Å²) in [5.74, 6) is -0.862. The quantitative estimate of drug-likeness (QED) is 0.656. The van der Waals surface area contributed by atoms with E-state index in [2.05, 4.69) is 9.71 Å². The van der Waals surface area contributed by atoms with Gasteiger partial charge in [0, 0.05) is 6.20 Å². The van der Waals surface area contributed by atoms with E-state index in [9.17, 15) is 18.0 Å². The number of pyridine rings is 1. The van der Waals surface area contributed by atoms with E-state index in [1.807, 2.05) is 19.1 Å². The first-order valence-electron chi connectivity index (χ1n) is 8.85. The predicted molar refractivity (Wildman–Crippen MR) is 107 cm³/mol. The zero-order valence-electron chi connectivity index (χ0n) is 15.5. The number of imide groups is 1. The molecular formula is C21H17N3O4S. The van der Waals surface area contributed by atoms with E-state index in [1.165, 1.54) is 18.3 Å². The summed E-state index contributed by atoms with van der Waals surface area (Å²) in [6, 6.07) is 16.3. The maximum absolute atomic E-state index is 12.6. The lowest BCUT2D eigenvalue weighted by atomic mass is 10.2. The van der Waals surface area contributed by atoms with Gasteiger partial charge in [0.1, 0.15) is 5.69 Å². The van der Waals surface area contributed by atoms with Crippen molar-refractivity contribution in [2.24, 2.45) is 0 Å². The summed E-state index contributed by atoms with van der Waals surface area (Å²) in [4.78, 5) is 30.0. The fraction of sp³-hybridized carbons (Fsp3) is 0.0952. The molecule has 1 aromatic heterocycles. The van der Waals surface area contributed by atoms with Crippen molar-refractivity contribution < 1.29 is 18.0 Å². The predicted octanol–water partition coefficient (Wildman–Crippen LogP) is 2.99. The molecule has 0 fully saturated rings. The number of aryl methyl sites for hydroxylation is 1. The van der Waals surface area contributed by atoms with Gasteiger partial charge >= 0.3 is 0 Å². The summed E-state index contributed by atoms with van der Waals surface area (Å²) in [6.07, 6.45) is 1.47. The molecule has 3 aromatic rings. The van der Waals surface area contributed by atoms with Crippen molar-refractivity contribution in [1.82, 2.24) is 9.88 Å². The molecule has 2 heterocycles. The topological polar surface area (TPSA) is 96.4 Å². The molecule has 29 heavy (non-hydrogen) atoms. The number of benzene rings is 2. The smallest absolute Gasteiger partial charge is 0.279 e. The first-order chi connectivity index (χ1) is 13.9. The molecule has 146 valence electrons. The first kappa shape index (κ1) is 18.8. The minimum Gasteiger partial charge on any atom is -0.279 e. The molecule has 0 saturated heterocycles. The SMILES string of the molecule is Cc1ccccc1NS(=O)(=O)c1ccc(CN2C(=O)c3cccnc3C2=O)cc1. The van der Waals surface area contributed by atoms with Crippen LogP contribution in [-0.2, 0) is 16.6 Å². The Labute approximate surface area is 168 Å². The van der Waals surface area contributed by atoms with Crippen LogP contribution in [0.25, 0.3) is 0 Å². The summed E-state index contributed by atoms with van der Waals surface area (Å²) in [5, 5.41) is 0. The fourth-order valence-electron chi connectivity index (χ4n) is 3.11. The molecule has 0 aliphatic carbocycles. The third-order valence-electron chi connectivity index (χ3n) is 4.69. The second kappa shape index (κ2) is 7.14. The lowest BCUT2D eigenvalue weighted by Crippen LogP contribution is -2.29. The average molecular weight is 407 g/mol. The second-order valence-corrected chi connectivity index (χ2v) is 8.34. The highest BCUT2D eigenvalue weighted by molar-refractivity contribution is 7.92. The lowest BCUT2D eigenvalue weighted by Gasteiger charge is -2.14. The van der Waals surface area contributed by atoms with Crippen LogP contribution in [0.5, 0.6) is 0 Å². The number of nitrogens with zero attached hydrogens (tertiary/aromatic N) is 2. The van der Waals surface area contributed by atoms with Gasteiger partial charge in [0.15, 0.2) is 0 Å².